The predicted octanol–water partition coefficient (Wildman–Crippen LogP) is 6.66. The summed E-state index contributed by atoms with van der Waals surface area (Å²) in [5.74, 6) is -0.943. The molecule has 44 heavy (non-hydrogen) atoms. The maximum absolute atomic E-state index is 14.5. The van der Waals surface area contributed by atoms with Gasteiger partial charge in [-0.1, -0.05) is 96.0 Å². The second-order valence-electron chi connectivity index (χ2n) is 10.7. The molecule has 0 saturated carbocycles. The summed E-state index contributed by atoms with van der Waals surface area (Å²) in [6.45, 7) is 4.89. The molecule has 0 aromatic heterocycles. The van der Waals surface area contributed by atoms with E-state index in [1.54, 1.807) is 61.5 Å². The van der Waals surface area contributed by atoms with Crippen molar-refractivity contribution in [2.75, 3.05) is 10.8 Å². The summed E-state index contributed by atoms with van der Waals surface area (Å²) in [5.41, 5.74) is 2.44. The van der Waals surface area contributed by atoms with Crippen molar-refractivity contribution < 1.29 is 18.0 Å². The molecule has 0 aliphatic rings. The third-order valence-electron chi connectivity index (χ3n) is 7.05. The van der Waals surface area contributed by atoms with Gasteiger partial charge in [-0.3, -0.25) is 13.9 Å². The summed E-state index contributed by atoms with van der Waals surface area (Å²) in [5, 5.41) is 3.72. The molecule has 7 nitrogen and oxygen atoms in total. The van der Waals surface area contributed by atoms with E-state index in [0.717, 1.165) is 15.4 Å². The third kappa shape index (κ3) is 8.20. The highest BCUT2D eigenvalue weighted by molar-refractivity contribution is 7.92. The van der Waals surface area contributed by atoms with E-state index < -0.39 is 28.5 Å². The predicted molar refractivity (Wildman–Crippen MR) is 176 cm³/mol. The number of aryl methyl sites for hydroxylation is 1. The van der Waals surface area contributed by atoms with Crippen molar-refractivity contribution in [3.63, 3.8) is 0 Å². The molecule has 1 atom stereocenters. The van der Waals surface area contributed by atoms with E-state index in [-0.39, 0.29) is 35.5 Å². The summed E-state index contributed by atoms with van der Waals surface area (Å²) in [6.07, 6.45) is 0.206. The molecule has 1 N–H and O–H groups in total. The van der Waals surface area contributed by atoms with Crippen molar-refractivity contribution in [2.24, 2.45) is 0 Å². The Bertz CT molecular complexity index is 1700. The number of hydrogen-bond acceptors (Lipinski definition) is 4. The van der Waals surface area contributed by atoms with Crippen LogP contribution in [0.1, 0.15) is 30.5 Å². The number of benzene rings is 4. The van der Waals surface area contributed by atoms with Gasteiger partial charge in [-0.05, 0) is 67.8 Å². The molecule has 0 spiro atoms. The zero-order valence-corrected chi connectivity index (χ0v) is 27.1. The summed E-state index contributed by atoms with van der Waals surface area (Å²) in [7, 11) is -4.22. The zero-order valence-electron chi connectivity index (χ0n) is 24.8. The van der Waals surface area contributed by atoms with E-state index in [0.29, 0.717) is 15.6 Å². The summed E-state index contributed by atoms with van der Waals surface area (Å²) >= 11 is 13.0. The number of carbonyl (C=O) groups is 2. The standard InChI is InChI=1S/C34H35Cl2N3O4S/c1-24(2)37-34(41)32(20-26-12-6-4-7-13-26)38(22-27-14-10-11-17-30(27)35)33(40)23-39(28-19-18-25(3)31(36)21-28)44(42,43)29-15-8-5-9-16-29/h4-19,21,24,32H,20,22-23H2,1-3H3,(H,37,41)/t32-/m0/s1. The van der Waals surface area contributed by atoms with Gasteiger partial charge in [0.2, 0.25) is 11.8 Å². The SMILES string of the molecule is Cc1ccc(N(CC(=O)N(Cc2ccccc2Cl)[C@@H](Cc2ccccc2)C(=O)NC(C)C)S(=O)(=O)c2ccccc2)cc1Cl. The molecular weight excluding hydrogens is 617 g/mol. The lowest BCUT2D eigenvalue weighted by atomic mass is 10.0. The van der Waals surface area contributed by atoms with E-state index >= 15 is 0 Å². The molecule has 0 radical (unpaired) electrons. The third-order valence-corrected chi connectivity index (χ3v) is 9.62. The van der Waals surface area contributed by atoms with Crippen LogP contribution in [0.15, 0.2) is 108 Å². The number of rotatable bonds is 12. The fourth-order valence-electron chi connectivity index (χ4n) is 4.73. The van der Waals surface area contributed by atoms with Crippen molar-refractivity contribution in [1.82, 2.24) is 10.2 Å². The maximum Gasteiger partial charge on any atom is 0.264 e. The van der Waals surface area contributed by atoms with Crippen LogP contribution < -0.4 is 9.62 Å². The van der Waals surface area contributed by atoms with E-state index in [1.807, 2.05) is 44.2 Å². The second kappa shape index (κ2) is 14.8. The fourth-order valence-corrected chi connectivity index (χ4v) is 6.53. The van der Waals surface area contributed by atoms with E-state index in [1.165, 1.54) is 23.1 Å². The largest absolute Gasteiger partial charge is 0.352 e. The number of hydrogen-bond donors (Lipinski definition) is 1. The van der Waals surface area contributed by atoms with Crippen LogP contribution in [0, 0.1) is 6.92 Å². The average Bonchev–Trinajstić information content (AvgIpc) is 3.00. The molecule has 4 rings (SSSR count). The van der Waals surface area contributed by atoms with Crippen LogP contribution in [0.25, 0.3) is 0 Å². The minimum atomic E-state index is -4.22. The first-order valence-corrected chi connectivity index (χ1v) is 16.4. The molecule has 4 aromatic carbocycles. The number of sulfonamides is 1. The van der Waals surface area contributed by atoms with Crippen LogP contribution in [0.5, 0.6) is 0 Å². The van der Waals surface area contributed by atoms with E-state index in [2.05, 4.69) is 5.32 Å². The molecule has 230 valence electrons. The van der Waals surface area contributed by atoms with Crippen LogP contribution >= 0.6 is 23.2 Å². The lowest BCUT2D eigenvalue weighted by molar-refractivity contribution is -0.140. The number of carbonyl (C=O) groups excluding carboxylic acids is 2. The minimum Gasteiger partial charge on any atom is -0.352 e. The van der Waals surface area contributed by atoms with Crippen molar-refractivity contribution in [3.8, 4) is 0 Å². The van der Waals surface area contributed by atoms with Crippen molar-refractivity contribution in [1.29, 1.82) is 0 Å². The molecule has 0 saturated heterocycles. The van der Waals surface area contributed by atoms with Crippen LogP contribution in [0.3, 0.4) is 0 Å². The molecule has 0 aliphatic carbocycles. The van der Waals surface area contributed by atoms with E-state index in [9.17, 15) is 18.0 Å². The fraction of sp³-hybridized carbons (Fsp3) is 0.235. The lowest BCUT2D eigenvalue weighted by Gasteiger charge is -2.34. The van der Waals surface area contributed by atoms with Gasteiger partial charge in [-0.2, -0.15) is 0 Å². The first-order valence-electron chi connectivity index (χ1n) is 14.2. The van der Waals surface area contributed by atoms with Gasteiger partial charge in [-0.15, -0.1) is 0 Å². The summed E-state index contributed by atoms with van der Waals surface area (Å²) in [6, 6.07) is 28.0. The Morgan fingerprint density at radius 3 is 2.05 bits per heavy atom. The normalized spacial score (nSPS) is 12.0. The van der Waals surface area contributed by atoms with Gasteiger partial charge in [0.25, 0.3) is 10.0 Å². The molecule has 2 amide bonds. The molecule has 0 aliphatic heterocycles. The highest BCUT2D eigenvalue weighted by Crippen LogP contribution is 2.29. The number of halogens is 2. The molecule has 0 unspecified atom stereocenters. The number of amides is 2. The van der Waals surface area contributed by atoms with Gasteiger partial charge in [0.1, 0.15) is 12.6 Å². The van der Waals surface area contributed by atoms with Gasteiger partial charge in [0.15, 0.2) is 0 Å². The highest BCUT2D eigenvalue weighted by Gasteiger charge is 2.35. The number of anilines is 1. The Morgan fingerprint density at radius 1 is 0.818 bits per heavy atom. The maximum atomic E-state index is 14.5. The van der Waals surface area contributed by atoms with Gasteiger partial charge in [0.05, 0.1) is 10.6 Å². The molecule has 0 bridgehead atoms. The van der Waals surface area contributed by atoms with Gasteiger partial charge < -0.3 is 10.2 Å². The quantitative estimate of drug-likeness (QED) is 0.186. The second-order valence-corrected chi connectivity index (χ2v) is 13.4. The van der Waals surface area contributed by atoms with Crippen molar-refractivity contribution >= 4 is 50.7 Å². The van der Waals surface area contributed by atoms with Crippen LogP contribution in [0.4, 0.5) is 5.69 Å². The average molecular weight is 653 g/mol. The van der Waals surface area contributed by atoms with Gasteiger partial charge >= 0.3 is 0 Å². The summed E-state index contributed by atoms with van der Waals surface area (Å²) in [4.78, 5) is 29.6. The van der Waals surface area contributed by atoms with Crippen molar-refractivity contribution in [3.05, 3.63) is 130 Å². The van der Waals surface area contributed by atoms with Gasteiger partial charge in [-0.25, -0.2) is 8.42 Å². The first-order chi connectivity index (χ1) is 21.0. The smallest absolute Gasteiger partial charge is 0.264 e. The molecule has 10 heteroatoms. The first kappa shape index (κ1) is 33.1. The molecular formula is C34H35Cl2N3O4S. The van der Waals surface area contributed by atoms with Crippen LogP contribution in [0.2, 0.25) is 10.0 Å². The minimum absolute atomic E-state index is 0.0144. The Morgan fingerprint density at radius 2 is 1.43 bits per heavy atom. The number of nitrogens with one attached hydrogen (secondary N) is 1. The Kier molecular flexibility index (Phi) is 11.1. The Hall–Kier alpha value is -3.85. The van der Waals surface area contributed by atoms with E-state index in [4.69, 9.17) is 23.2 Å². The summed E-state index contributed by atoms with van der Waals surface area (Å²) < 4.78 is 29.1. The Balaban J connectivity index is 1.82. The highest BCUT2D eigenvalue weighted by atomic mass is 35.5. The van der Waals surface area contributed by atoms with Crippen molar-refractivity contribution in [2.45, 2.75) is 50.7 Å². The monoisotopic (exact) mass is 651 g/mol. The van der Waals surface area contributed by atoms with Gasteiger partial charge in [0, 0.05) is 29.1 Å². The Labute approximate surface area is 269 Å². The number of nitrogens with zero attached hydrogens (tertiary/aromatic N) is 2. The molecule has 4 aromatic rings. The lowest BCUT2D eigenvalue weighted by Crippen LogP contribution is -2.54. The topological polar surface area (TPSA) is 86.8 Å². The zero-order chi connectivity index (χ0) is 31.9. The molecule has 0 heterocycles. The molecule has 0 fully saturated rings. The van der Waals surface area contributed by atoms with Crippen LogP contribution in [-0.4, -0.2) is 43.8 Å². The van der Waals surface area contributed by atoms with Crippen LogP contribution in [-0.2, 0) is 32.6 Å².